The van der Waals surface area contributed by atoms with Crippen LogP contribution in [0.4, 0.5) is 4.39 Å². The lowest BCUT2D eigenvalue weighted by molar-refractivity contribution is -0.132. The van der Waals surface area contributed by atoms with Gasteiger partial charge in [-0.1, -0.05) is 71.9 Å². The fourth-order valence-electron chi connectivity index (χ4n) is 2.43. The van der Waals surface area contributed by atoms with E-state index in [1.54, 1.807) is 48.5 Å². The number of benzene rings is 2. The van der Waals surface area contributed by atoms with Gasteiger partial charge in [0, 0.05) is 5.56 Å². The molecule has 8 heteroatoms. The van der Waals surface area contributed by atoms with Gasteiger partial charge in [-0.15, -0.1) is 0 Å². The molecule has 0 radical (unpaired) electrons. The van der Waals surface area contributed by atoms with Crippen LogP contribution < -0.4 is 5.48 Å². The fraction of sp³-hybridized carbons (Fsp3) is 0.143. The zero-order valence-corrected chi connectivity index (χ0v) is 16.7. The van der Waals surface area contributed by atoms with Gasteiger partial charge < -0.3 is 9.57 Å². The molecule has 0 spiro atoms. The van der Waals surface area contributed by atoms with Gasteiger partial charge in [-0.25, -0.2) is 4.79 Å². The first-order valence-corrected chi connectivity index (χ1v) is 8.81. The van der Waals surface area contributed by atoms with Gasteiger partial charge in [0.25, 0.3) is 0 Å². The van der Waals surface area contributed by atoms with Gasteiger partial charge in [-0.2, -0.15) is 4.39 Å². The summed E-state index contributed by atoms with van der Waals surface area (Å²) in [5.74, 6) is -0.626. The van der Waals surface area contributed by atoms with Crippen molar-refractivity contribution in [2.45, 2.75) is 6.61 Å². The fourth-order valence-corrected chi connectivity index (χ4v) is 2.55. The predicted octanol–water partition coefficient (Wildman–Crippen LogP) is 4.41. The highest BCUT2D eigenvalue weighted by atomic mass is 35.5. The van der Waals surface area contributed by atoms with Gasteiger partial charge in [0.2, 0.25) is 0 Å². The van der Waals surface area contributed by atoms with Crippen LogP contribution >= 0.6 is 11.6 Å². The first-order valence-electron chi connectivity index (χ1n) is 8.43. The molecular weight excluding hydrogens is 399 g/mol. The summed E-state index contributed by atoms with van der Waals surface area (Å²) >= 11 is 5.22. The molecule has 0 aliphatic carbocycles. The molecule has 2 rings (SSSR count). The highest BCUT2D eigenvalue weighted by Gasteiger charge is 2.19. The molecule has 6 nitrogen and oxygen atoms in total. The number of nitrogens with zero attached hydrogens (tertiary/aromatic N) is 1. The van der Waals surface area contributed by atoms with Crippen LogP contribution in [0.5, 0.6) is 0 Å². The maximum Gasteiger partial charge on any atom is 0.360 e. The van der Waals surface area contributed by atoms with Crippen molar-refractivity contribution in [2.75, 3.05) is 14.2 Å². The molecule has 0 aliphatic rings. The lowest BCUT2D eigenvalue weighted by Crippen LogP contribution is -2.20. The Bertz CT molecular complexity index is 923. The third kappa shape index (κ3) is 6.44. The number of hydrogen-bond donors (Lipinski definition) is 1. The number of esters is 1. The normalized spacial score (nSPS) is 11.7. The number of hydroxylamine groups is 1. The molecule has 29 heavy (non-hydrogen) atoms. The van der Waals surface area contributed by atoms with E-state index in [1.165, 1.54) is 20.3 Å². The van der Waals surface area contributed by atoms with E-state index in [1.807, 2.05) is 0 Å². The third-order valence-corrected chi connectivity index (χ3v) is 3.90. The Labute approximate surface area is 173 Å². The Morgan fingerprint density at radius 1 is 1.21 bits per heavy atom. The van der Waals surface area contributed by atoms with Crippen LogP contribution in [0.1, 0.15) is 22.3 Å². The molecule has 2 aromatic rings. The van der Waals surface area contributed by atoms with Crippen molar-refractivity contribution in [1.82, 2.24) is 5.48 Å². The molecule has 2 aromatic carbocycles. The van der Waals surface area contributed by atoms with Crippen LogP contribution in [-0.4, -0.2) is 25.9 Å². The number of hydrogen-bond acceptors (Lipinski definition) is 6. The average molecular weight is 419 g/mol. The van der Waals surface area contributed by atoms with E-state index >= 15 is 0 Å². The van der Waals surface area contributed by atoms with Crippen molar-refractivity contribution in [2.24, 2.45) is 5.16 Å². The molecule has 0 saturated heterocycles. The van der Waals surface area contributed by atoms with Crippen molar-refractivity contribution < 1.29 is 23.6 Å². The number of carbonyl (C=O) groups excluding carboxylic acids is 1. The van der Waals surface area contributed by atoms with E-state index < -0.39 is 11.3 Å². The summed E-state index contributed by atoms with van der Waals surface area (Å²) in [6.45, 7) is 4.02. The first kappa shape index (κ1) is 22.1. The number of nitrogens with one attached hydrogen (secondary N) is 1. The molecule has 0 aromatic heterocycles. The Kier molecular flexibility index (Phi) is 8.39. The summed E-state index contributed by atoms with van der Waals surface area (Å²) in [6, 6.07) is 14.0. The lowest BCUT2D eigenvalue weighted by Gasteiger charge is -2.13. The van der Waals surface area contributed by atoms with E-state index in [0.717, 1.165) is 5.56 Å². The minimum absolute atomic E-state index is 0.0307. The Balaban J connectivity index is 2.05. The molecule has 0 atom stereocenters. The number of rotatable bonds is 9. The highest BCUT2D eigenvalue weighted by molar-refractivity contribution is 6.43. The van der Waals surface area contributed by atoms with Crippen molar-refractivity contribution in [3.63, 3.8) is 0 Å². The minimum atomic E-state index is -0.792. The van der Waals surface area contributed by atoms with Gasteiger partial charge in [0.15, 0.2) is 11.0 Å². The Hall–Kier alpha value is -3.16. The van der Waals surface area contributed by atoms with Crippen LogP contribution in [-0.2, 0) is 25.8 Å². The van der Waals surface area contributed by atoms with Crippen LogP contribution in [0.15, 0.2) is 65.6 Å². The molecular formula is C21H20ClFN2O4. The van der Waals surface area contributed by atoms with E-state index in [2.05, 4.69) is 17.2 Å². The second-order valence-corrected chi connectivity index (χ2v) is 6.06. The maximum atomic E-state index is 12.7. The smallest absolute Gasteiger partial charge is 0.360 e. The van der Waals surface area contributed by atoms with E-state index in [0.29, 0.717) is 22.4 Å². The number of carbonyl (C=O) groups is 1. The largest absolute Gasteiger partial charge is 0.464 e. The number of ether oxygens (including phenoxy) is 1. The summed E-state index contributed by atoms with van der Waals surface area (Å²) in [6.07, 6.45) is 1.20. The molecule has 0 fully saturated rings. The van der Waals surface area contributed by atoms with Crippen LogP contribution in [0, 0.1) is 0 Å². The molecule has 0 aliphatic heterocycles. The monoisotopic (exact) mass is 418 g/mol. The standard InChI is InChI=1S/C21H20ClFN2O4/c1-14(16-10-8-15(9-11-16)12-19(22)23)24-29-13-17-6-4-5-7-18(17)20(25-28-3)21(26)27-2/h4-12,24H,1,13H2,2-3H3. The summed E-state index contributed by atoms with van der Waals surface area (Å²) in [5.41, 5.74) is 5.87. The minimum Gasteiger partial charge on any atom is -0.464 e. The summed E-state index contributed by atoms with van der Waals surface area (Å²) in [7, 11) is 2.61. The molecule has 0 amide bonds. The predicted molar refractivity (Wildman–Crippen MR) is 110 cm³/mol. The maximum absolute atomic E-state index is 12.7. The topological polar surface area (TPSA) is 69.1 Å². The van der Waals surface area contributed by atoms with Gasteiger partial charge in [0.1, 0.15) is 13.7 Å². The summed E-state index contributed by atoms with van der Waals surface area (Å²) in [5, 5.41) is 2.96. The highest BCUT2D eigenvalue weighted by Crippen LogP contribution is 2.17. The zero-order valence-electron chi connectivity index (χ0n) is 15.9. The van der Waals surface area contributed by atoms with Gasteiger partial charge in [-0.3, -0.25) is 10.3 Å². The van der Waals surface area contributed by atoms with Gasteiger partial charge >= 0.3 is 5.97 Å². The van der Waals surface area contributed by atoms with Crippen LogP contribution in [0.25, 0.3) is 11.8 Å². The summed E-state index contributed by atoms with van der Waals surface area (Å²) in [4.78, 5) is 22.3. The summed E-state index contributed by atoms with van der Waals surface area (Å²) < 4.78 is 17.5. The number of oxime groups is 1. The SMILES string of the molecule is C=C(NOCc1ccccc1C(=NOC)C(=O)OC)c1ccc(C=C(F)Cl)cc1. The molecule has 152 valence electrons. The molecule has 0 bridgehead atoms. The first-order chi connectivity index (χ1) is 14.0. The molecule has 1 N–H and O–H groups in total. The zero-order chi connectivity index (χ0) is 21.2. The molecule has 0 saturated carbocycles. The third-order valence-electron chi connectivity index (χ3n) is 3.79. The molecule has 0 heterocycles. The van der Waals surface area contributed by atoms with Crippen molar-refractivity contribution in [3.05, 3.63) is 82.6 Å². The molecule has 0 unspecified atom stereocenters. The quantitative estimate of drug-likeness (QED) is 0.371. The van der Waals surface area contributed by atoms with Gasteiger partial charge in [0.05, 0.1) is 12.8 Å². The number of halogens is 2. The second kappa shape index (κ2) is 11.0. The Morgan fingerprint density at radius 3 is 2.52 bits per heavy atom. The van der Waals surface area contributed by atoms with E-state index in [9.17, 15) is 9.18 Å². The van der Waals surface area contributed by atoms with E-state index in [-0.39, 0.29) is 12.3 Å². The number of methoxy groups -OCH3 is 1. The lowest BCUT2D eigenvalue weighted by atomic mass is 10.0. The average Bonchev–Trinajstić information content (AvgIpc) is 2.72. The second-order valence-electron chi connectivity index (χ2n) is 5.70. The van der Waals surface area contributed by atoms with E-state index in [4.69, 9.17) is 26.0 Å². The van der Waals surface area contributed by atoms with Gasteiger partial charge in [-0.05, 0) is 22.8 Å². The van der Waals surface area contributed by atoms with Crippen LogP contribution in [0.2, 0.25) is 0 Å². The van der Waals surface area contributed by atoms with Crippen molar-refractivity contribution in [3.8, 4) is 0 Å². The Morgan fingerprint density at radius 2 is 1.90 bits per heavy atom. The van der Waals surface area contributed by atoms with Crippen molar-refractivity contribution in [1.29, 1.82) is 0 Å². The van der Waals surface area contributed by atoms with Crippen LogP contribution in [0.3, 0.4) is 0 Å². The van der Waals surface area contributed by atoms with Crippen molar-refractivity contribution >= 4 is 35.1 Å².